The Bertz CT molecular complexity index is 613. The highest BCUT2D eigenvalue weighted by atomic mass is 79.9. The lowest BCUT2D eigenvalue weighted by Crippen LogP contribution is -2.23. The summed E-state index contributed by atoms with van der Waals surface area (Å²) in [5, 5.41) is 3.82. The van der Waals surface area contributed by atoms with E-state index in [0.717, 1.165) is 21.1 Å². The predicted octanol–water partition coefficient (Wildman–Crippen LogP) is 5.90. The zero-order chi connectivity index (χ0) is 15.4. The van der Waals surface area contributed by atoms with Gasteiger partial charge in [0.2, 0.25) is 0 Å². The number of hydrogen-bond donors (Lipinski definition) is 1. The Morgan fingerprint density at radius 3 is 2.38 bits per heavy atom. The van der Waals surface area contributed by atoms with Gasteiger partial charge in [0, 0.05) is 20.0 Å². The van der Waals surface area contributed by atoms with Gasteiger partial charge in [0.1, 0.15) is 5.82 Å². The fourth-order valence-electron chi connectivity index (χ4n) is 2.24. The molecule has 0 fully saturated rings. The molecule has 0 aliphatic heterocycles. The molecule has 0 saturated heterocycles. The maximum absolute atomic E-state index is 14.0. The number of likely N-dealkylation sites (N-methyl/N-ethyl adjacent to an activating group) is 1. The molecule has 5 heteroatoms. The minimum atomic E-state index is -0.264. The second-order valence-electron chi connectivity index (χ2n) is 4.75. The second-order valence-corrected chi connectivity index (χ2v) is 7.02. The van der Waals surface area contributed by atoms with E-state index >= 15 is 0 Å². The molecule has 0 saturated carbocycles. The largest absolute Gasteiger partial charge is 0.310 e. The van der Waals surface area contributed by atoms with Gasteiger partial charge >= 0.3 is 0 Å². The maximum Gasteiger partial charge on any atom is 0.127 e. The van der Waals surface area contributed by atoms with Crippen LogP contribution >= 0.6 is 43.5 Å². The fraction of sp³-hybridized carbons (Fsp3) is 0.250. The smallest absolute Gasteiger partial charge is 0.127 e. The number of hydrogen-bond acceptors (Lipinski definition) is 1. The SMILES string of the molecule is CCNC(Cc1ccc(Cl)cc1F)c1cc(Br)cc(Br)c1. The highest BCUT2D eigenvalue weighted by Gasteiger charge is 2.15. The quantitative estimate of drug-likeness (QED) is 0.617. The van der Waals surface area contributed by atoms with Crippen molar-refractivity contribution in [1.29, 1.82) is 0 Å². The molecule has 1 atom stereocenters. The van der Waals surface area contributed by atoms with Crippen molar-refractivity contribution in [2.45, 2.75) is 19.4 Å². The van der Waals surface area contributed by atoms with Gasteiger partial charge in [-0.05, 0) is 54.4 Å². The Morgan fingerprint density at radius 2 is 1.81 bits per heavy atom. The summed E-state index contributed by atoms with van der Waals surface area (Å²) < 4.78 is 16.0. The summed E-state index contributed by atoms with van der Waals surface area (Å²) in [6, 6.07) is 10.9. The minimum absolute atomic E-state index is 0.0412. The maximum atomic E-state index is 14.0. The summed E-state index contributed by atoms with van der Waals surface area (Å²) >= 11 is 12.8. The average molecular weight is 436 g/mol. The summed E-state index contributed by atoms with van der Waals surface area (Å²) in [4.78, 5) is 0. The Morgan fingerprint density at radius 1 is 1.14 bits per heavy atom. The molecule has 2 aromatic carbocycles. The Balaban J connectivity index is 2.30. The molecule has 0 heterocycles. The Labute approximate surface area is 146 Å². The van der Waals surface area contributed by atoms with E-state index in [2.05, 4.69) is 37.2 Å². The standard InChI is InChI=1S/C16H15Br2ClFN/c1-2-21-16(11-5-12(17)8-13(18)6-11)7-10-3-4-14(19)9-15(10)20/h3-6,8-9,16,21H,2,7H2,1H3. The molecule has 0 aromatic heterocycles. The molecule has 21 heavy (non-hydrogen) atoms. The van der Waals surface area contributed by atoms with E-state index in [4.69, 9.17) is 11.6 Å². The van der Waals surface area contributed by atoms with Gasteiger partial charge in [0.25, 0.3) is 0 Å². The van der Waals surface area contributed by atoms with Crippen LogP contribution in [0.25, 0.3) is 0 Å². The molecular weight excluding hydrogens is 420 g/mol. The number of benzene rings is 2. The van der Waals surface area contributed by atoms with E-state index in [1.54, 1.807) is 12.1 Å². The zero-order valence-corrected chi connectivity index (χ0v) is 15.4. The van der Waals surface area contributed by atoms with Crippen molar-refractivity contribution in [2.24, 2.45) is 0 Å². The molecular formula is C16H15Br2ClFN. The third-order valence-corrected chi connectivity index (χ3v) is 4.33. The molecule has 1 unspecified atom stereocenters. The van der Waals surface area contributed by atoms with Crippen LogP contribution in [0.1, 0.15) is 24.1 Å². The molecule has 112 valence electrons. The van der Waals surface area contributed by atoms with Crippen LogP contribution in [0.2, 0.25) is 5.02 Å². The van der Waals surface area contributed by atoms with Crippen LogP contribution in [0.15, 0.2) is 45.3 Å². The first-order chi connectivity index (χ1) is 9.99. The topological polar surface area (TPSA) is 12.0 Å². The molecule has 0 radical (unpaired) electrons. The first-order valence-corrected chi connectivity index (χ1v) is 8.59. The van der Waals surface area contributed by atoms with Gasteiger partial charge in [0.05, 0.1) is 0 Å². The van der Waals surface area contributed by atoms with E-state index in [1.165, 1.54) is 6.07 Å². The van der Waals surface area contributed by atoms with Crippen LogP contribution in [0.5, 0.6) is 0 Å². The van der Waals surface area contributed by atoms with Crippen molar-refractivity contribution in [3.8, 4) is 0 Å². The Hall–Kier alpha value is -0.420. The highest BCUT2D eigenvalue weighted by molar-refractivity contribution is 9.11. The first-order valence-electron chi connectivity index (χ1n) is 6.63. The minimum Gasteiger partial charge on any atom is -0.310 e. The summed E-state index contributed by atoms with van der Waals surface area (Å²) in [7, 11) is 0. The van der Waals surface area contributed by atoms with Crippen molar-refractivity contribution in [1.82, 2.24) is 5.32 Å². The zero-order valence-electron chi connectivity index (χ0n) is 11.5. The monoisotopic (exact) mass is 433 g/mol. The van der Waals surface area contributed by atoms with Gasteiger partial charge in [-0.3, -0.25) is 0 Å². The summed E-state index contributed by atoms with van der Waals surface area (Å²) in [5.74, 6) is -0.264. The van der Waals surface area contributed by atoms with Crippen molar-refractivity contribution < 1.29 is 4.39 Å². The summed E-state index contributed by atoms with van der Waals surface area (Å²) in [6.07, 6.45) is 0.569. The molecule has 0 spiro atoms. The van der Waals surface area contributed by atoms with Crippen LogP contribution in [0.3, 0.4) is 0 Å². The molecule has 0 bridgehead atoms. The van der Waals surface area contributed by atoms with Crippen molar-refractivity contribution in [3.63, 3.8) is 0 Å². The molecule has 0 aliphatic rings. The first kappa shape index (κ1) is 16.9. The number of halogens is 4. The lowest BCUT2D eigenvalue weighted by molar-refractivity contribution is 0.527. The van der Waals surface area contributed by atoms with Crippen LogP contribution in [-0.4, -0.2) is 6.54 Å². The van der Waals surface area contributed by atoms with Crippen LogP contribution in [-0.2, 0) is 6.42 Å². The molecule has 1 nitrogen and oxygen atoms in total. The van der Waals surface area contributed by atoms with Gasteiger partial charge in [-0.25, -0.2) is 4.39 Å². The van der Waals surface area contributed by atoms with E-state index < -0.39 is 0 Å². The summed E-state index contributed by atoms with van der Waals surface area (Å²) in [6.45, 7) is 2.85. The van der Waals surface area contributed by atoms with Crippen LogP contribution in [0, 0.1) is 5.82 Å². The summed E-state index contributed by atoms with van der Waals surface area (Å²) in [5.41, 5.74) is 1.76. The van der Waals surface area contributed by atoms with Gasteiger partial charge in [-0.1, -0.05) is 56.5 Å². The third-order valence-electron chi connectivity index (χ3n) is 3.18. The third kappa shape index (κ3) is 4.78. The van der Waals surface area contributed by atoms with Crippen molar-refractivity contribution in [2.75, 3.05) is 6.54 Å². The number of rotatable bonds is 5. The van der Waals surface area contributed by atoms with E-state index in [9.17, 15) is 4.39 Å². The van der Waals surface area contributed by atoms with Gasteiger partial charge < -0.3 is 5.32 Å². The van der Waals surface area contributed by atoms with Gasteiger partial charge in [-0.15, -0.1) is 0 Å². The Kier molecular flexibility index (Phi) is 6.23. The lowest BCUT2D eigenvalue weighted by atomic mass is 9.98. The molecule has 2 rings (SSSR count). The van der Waals surface area contributed by atoms with Crippen LogP contribution < -0.4 is 5.32 Å². The highest BCUT2D eigenvalue weighted by Crippen LogP contribution is 2.27. The normalized spacial score (nSPS) is 12.4. The van der Waals surface area contributed by atoms with E-state index in [1.807, 2.05) is 25.1 Å². The van der Waals surface area contributed by atoms with Gasteiger partial charge in [-0.2, -0.15) is 0 Å². The predicted molar refractivity (Wildman–Crippen MR) is 93.4 cm³/mol. The number of nitrogens with one attached hydrogen (secondary N) is 1. The van der Waals surface area contributed by atoms with E-state index in [0.29, 0.717) is 17.0 Å². The molecule has 0 aliphatic carbocycles. The molecule has 1 N–H and O–H groups in total. The van der Waals surface area contributed by atoms with Crippen molar-refractivity contribution in [3.05, 3.63) is 67.3 Å². The van der Waals surface area contributed by atoms with E-state index in [-0.39, 0.29) is 11.9 Å². The second kappa shape index (κ2) is 7.73. The lowest BCUT2D eigenvalue weighted by Gasteiger charge is -2.19. The van der Waals surface area contributed by atoms with Crippen molar-refractivity contribution >= 4 is 43.5 Å². The van der Waals surface area contributed by atoms with Crippen LogP contribution in [0.4, 0.5) is 4.39 Å². The molecule has 0 amide bonds. The average Bonchev–Trinajstić information content (AvgIpc) is 2.40. The fourth-order valence-corrected chi connectivity index (χ4v) is 3.73. The van der Waals surface area contributed by atoms with Gasteiger partial charge in [0.15, 0.2) is 0 Å². The molecule has 2 aromatic rings.